The van der Waals surface area contributed by atoms with Crippen molar-refractivity contribution in [2.75, 3.05) is 23.3 Å². The van der Waals surface area contributed by atoms with E-state index in [2.05, 4.69) is 50.7 Å². The largest absolute Gasteiger partial charge is 0.382 e. The molecule has 10 nitrogen and oxygen atoms in total. The van der Waals surface area contributed by atoms with Gasteiger partial charge in [0.25, 0.3) is 0 Å². The second-order valence-corrected chi connectivity index (χ2v) is 10.2. The third-order valence-electron chi connectivity index (χ3n) is 5.98. The van der Waals surface area contributed by atoms with Gasteiger partial charge in [-0.1, -0.05) is 11.3 Å². The molecule has 0 bridgehead atoms. The van der Waals surface area contributed by atoms with E-state index in [1.54, 1.807) is 23.7 Å². The van der Waals surface area contributed by atoms with Gasteiger partial charge in [0.05, 0.1) is 34.2 Å². The molecule has 36 heavy (non-hydrogen) atoms. The molecule has 0 aliphatic carbocycles. The third-order valence-corrected chi connectivity index (χ3v) is 7.00. The van der Waals surface area contributed by atoms with Crippen LogP contribution in [0, 0.1) is 11.3 Å². The highest BCUT2D eigenvalue weighted by Gasteiger charge is 2.24. The van der Waals surface area contributed by atoms with Gasteiger partial charge in [0.15, 0.2) is 5.01 Å². The summed E-state index contributed by atoms with van der Waals surface area (Å²) in [5, 5.41) is 30.7. The Morgan fingerprint density at radius 3 is 2.89 bits per heavy atom. The molecule has 1 fully saturated rings. The summed E-state index contributed by atoms with van der Waals surface area (Å²) >= 11 is 1.53. The Morgan fingerprint density at radius 2 is 2.11 bits per heavy atom. The molecule has 1 aliphatic heterocycles. The fraction of sp³-hybridized carbons (Fsp3) is 0.360. The highest BCUT2D eigenvalue weighted by atomic mass is 32.1. The number of amides is 1. The van der Waals surface area contributed by atoms with E-state index in [0.29, 0.717) is 5.56 Å². The van der Waals surface area contributed by atoms with Gasteiger partial charge in [-0.15, -0.1) is 10.2 Å². The predicted molar refractivity (Wildman–Crippen MR) is 140 cm³/mol. The number of pyridine rings is 1. The van der Waals surface area contributed by atoms with Crippen LogP contribution < -0.4 is 15.5 Å². The predicted octanol–water partition coefficient (Wildman–Crippen LogP) is 3.71. The van der Waals surface area contributed by atoms with Gasteiger partial charge in [-0.05, 0) is 51.0 Å². The van der Waals surface area contributed by atoms with Gasteiger partial charge >= 0.3 is 0 Å². The number of aromatic nitrogens is 5. The van der Waals surface area contributed by atoms with Crippen molar-refractivity contribution in [2.24, 2.45) is 0 Å². The van der Waals surface area contributed by atoms with Crippen molar-refractivity contribution in [3.8, 4) is 28.0 Å². The molecule has 1 saturated heterocycles. The van der Waals surface area contributed by atoms with Crippen LogP contribution in [0.3, 0.4) is 0 Å². The van der Waals surface area contributed by atoms with Gasteiger partial charge in [-0.3, -0.25) is 9.78 Å². The zero-order chi connectivity index (χ0) is 25.2. The lowest BCUT2D eigenvalue weighted by atomic mass is 10.1. The minimum Gasteiger partial charge on any atom is -0.382 e. The van der Waals surface area contributed by atoms with Crippen molar-refractivity contribution in [1.82, 2.24) is 30.1 Å². The van der Waals surface area contributed by atoms with Gasteiger partial charge in [0, 0.05) is 44.0 Å². The standard InChI is InChI=1S/C25H27N9OS/c1-15(2)29-21-10-22(23-7-6-19-9-17(11-26)12-28-34(19)23)27-13-20(21)24-31-32-25(36-24)33-8-4-5-18(14-33)30-16(3)35/h6-7,9-10,12-13,15,18H,4-5,8,14H2,1-3H3,(H,27,29)(H,30,35). The molecular weight excluding hydrogens is 474 g/mol. The van der Waals surface area contributed by atoms with Gasteiger partial charge in [0.2, 0.25) is 11.0 Å². The van der Waals surface area contributed by atoms with Crippen molar-refractivity contribution in [3.63, 3.8) is 0 Å². The Kier molecular flexibility index (Phi) is 6.52. The van der Waals surface area contributed by atoms with E-state index in [1.165, 1.54) is 11.3 Å². The minimum absolute atomic E-state index is 0.00756. The lowest BCUT2D eigenvalue weighted by Crippen LogP contribution is -2.47. The minimum atomic E-state index is -0.00756. The van der Waals surface area contributed by atoms with Crippen LogP contribution in [0.1, 0.15) is 39.2 Å². The molecule has 0 saturated carbocycles. The molecule has 5 heterocycles. The number of piperidine rings is 1. The van der Waals surface area contributed by atoms with Crippen LogP contribution in [0.4, 0.5) is 10.8 Å². The molecule has 4 aromatic rings. The molecule has 1 amide bonds. The van der Waals surface area contributed by atoms with Crippen LogP contribution in [0.15, 0.2) is 36.7 Å². The molecule has 0 spiro atoms. The van der Waals surface area contributed by atoms with E-state index in [-0.39, 0.29) is 18.0 Å². The molecular formula is C25H27N9OS. The number of nitrogens with zero attached hydrogens (tertiary/aromatic N) is 7. The van der Waals surface area contributed by atoms with Gasteiger partial charge < -0.3 is 15.5 Å². The number of anilines is 2. The van der Waals surface area contributed by atoms with E-state index < -0.39 is 0 Å². The monoisotopic (exact) mass is 501 g/mol. The van der Waals surface area contributed by atoms with E-state index >= 15 is 0 Å². The van der Waals surface area contributed by atoms with E-state index in [1.807, 2.05) is 24.4 Å². The van der Waals surface area contributed by atoms with Crippen LogP contribution in [0.25, 0.3) is 27.5 Å². The fourth-order valence-electron chi connectivity index (χ4n) is 4.46. The average molecular weight is 502 g/mol. The number of nitrogens with one attached hydrogen (secondary N) is 2. The number of rotatable bonds is 6. The van der Waals surface area contributed by atoms with Crippen LogP contribution in [0.5, 0.6) is 0 Å². The van der Waals surface area contributed by atoms with Crippen molar-refractivity contribution < 1.29 is 4.79 Å². The maximum Gasteiger partial charge on any atom is 0.217 e. The summed E-state index contributed by atoms with van der Waals surface area (Å²) in [4.78, 5) is 18.4. The maximum absolute atomic E-state index is 11.5. The lowest BCUT2D eigenvalue weighted by Gasteiger charge is -2.32. The first kappa shape index (κ1) is 23.7. The van der Waals surface area contributed by atoms with Gasteiger partial charge in [-0.25, -0.2) is 4.52 Å². The smallest absolute Gasteiger partial charge is 0.217 e. The zero-order valence-electron chi connectivity index (χ0n) is 20.4. The second-order valence-electron chi connectivity index (χ2n) is 9.20. The summed E-state index contributed by atoms with van der Waals surface area (Å²) in [6.45, 7) is 7.34. The number of fused-ring (bicyclic) bond motifs is 1. The number of hydrogen-bond acceptors (Lipinski definition) is 9. The van der Waals surface area contributed by atoms with Crippen LogP contribution in [0.2, 0.25) is 0 Å². The van der Waals surface area contributed by atoms with Crippen molar-refractivity contribution in [3.05, 3.63) is 42.2 Å². The van der Waals surface area contributed by atoms with Gasteiger partial charge in [-0.2, -0.15) is 10.4 Å². The van der Waals surface area contributed by atoms with Crippen molar-refractivity contribution in [2.45, 2.75) is 45.7 Å². The number of carbonyl (C=O) groups excluding carboxylic acids is 1. The quantitative estimate of drug-likeness (QED) is 0.410. The molecule has 1 aliphatic rings. The Hall–Kier alpha value is -4.04. The molecule has 5 rings (SSSR count). The molecule has 1 atom stereocenters. The van der Waals surface area contributed by atoms with E-state index in [4.69, 9.17) is 10.2 Å². The van der Waals surface area contributed by atoms with Crippen molar-refractivity contribution >= 4 is 33.6 Å². The summed E-state index contributed by atoms with van der Waals surface area (Å²) in [5.41, 5.74) is 4.74. The highest BCUT2D eigenvalue weighted by Crippen LogP contribution is 2.36. The molecule has 11 heteroatoms. The zero-order valence-corrected chi connectivity index (χ0v) is 21.2. The number of hydrogen-bond donors (Lipinski definition) is 2. The van der Waals surface area contributed by atoms with E-state index in [0.717, 1.165) is 64.2 Å². The summed E-state index contributed by atoms with van der Waals surface area (Å²) < 4.78 is 1.78. The van der Waals surface area contributed by atoms with Crippen molar-refractivity contribution in [1.29, 1.82) is 5.26 Å². The molecule has 4 aromatic heterocycles. The Bertz CT molecular complexity index is 1450. The molecule has 184 valence electrons. The highest BCUT2D eigenvalue weighted by molar-refractivity contribution is 7.18. The molecule has 1 unspecified atom stereocenters. The first-order valence-corrected chi connectivity index (χ1v) is 12.7. The summed E-state index contributed by atoms with van der Waals surface area (Å²) in [5.74, 6) is -0.00756. The Balaban J connectivity index is 1.46. The van der Waals surface area contributed by atoms with Gasteiger partial charge in [0.1, 0.15) is 6.07 Å². The molecule has 0 radical (unpaired) electrons. The Morgan fingerprint density at radius 1 is 1.25 bits per heavy atom. The SMILES string of the molecule is CC(=O)NC1CCCN(c2nnc(-c3cnc(-c4ccc5cc(C#N)cnn45)cc3NC(C)C)s2)C1. The normalized spacial score (nSPS) is 15.8. The number of carbonyl (C=O) groups is 1. The first-order chi connectivity index (χ1) is 17.4. The third kappa shape index (κ3) is 4.85. The summed E-state index contributed by atoms with van der Waals surface area (Å²) in [7, 11) is 0. The van der Waals surface area contributed by atoms with E-state index in [9.17, 15) is 4.79 Å². The topological polar surface area (TPSA) is 124 Å². The first-order valence-electron chi connectivity index (χ1n) is 11.9. The molecule has 2 N–H and O–H groups in total. The molecule has 0 aromatic carbocycles. The average Bonchev–Trinajstić information content (AvgIpc) is 3.50. The Labute approximate surface area is 213 Å². The van der Waals surface area contributed by atoms with Crippen LogP contribution >= 0.6 is 11.3 Å². The second kappa shape index (κ2) is 9.91. The van der Waals surface area contributed by atoms with Crippen LogP contribution in [-0.2, 0) is 4.79 Å². The maximum atomic E-state index is 11.5. The summed E-state index contributed by atoms with van der Waals surface area (Å²) in [6.07, 6.45) is 5.34. The van der Waals surface area contributed by atoms with Crippen LogP contribution in [-0.4, -0.2) is 55.9 Å². The number of nitriles is 1. The fourth-order valence-corrected chi connectivity index (χ4v) is 5.36. The summed E-state index contributed by atoms with van der Waals surface area (Å²) in [6, 6.07) is 10.1. The lowest BCUT2D eigenvalue weighted by molar-refractivity contribution is -0.119.